The van der Waals surface area contributed by atoms with Crippen LogP contribution in [0.2, 0.25) is 0 Å². The molecule has 1 aromatic carbocycles. The first-order chi connectivity index (χ1) is 11.8. The maximum atomic E-state index is 12.9. The van der Waals surface area contributed by atoms with Crippen molar-refractivity contribution in [3.05, 3.63) is 45.7 Å². The SMILES string of the molecule is Cc1nc(COc2ccc(F)cc2)sc1C(=O)NCC(C)CC(=O)O. The van der Waals surface area contributed by atoms with Crippen LogP contribution < -0.4 is 10.1 Å². The Hall–Kier alpha value is -2.48. The lowest BCUT2D eigenvalue weighted by Gasteiger charge is -2.09. The number of carbonyl (C=O) groups excluding carboxylic acids is 1. The summed E-state index contributed by atoms with van der Waals surface area (Å²) < 4.78 is 18.4. The fourth-order valence-electron chi connectivity index (χ4n) is 2.12. The fraction of sp³-hybridized carbons (Fsp3) is 0.353. The Bertz CT molecular complexity index is 746. The van der Waals surface area contributed by atoms with Gasteiger partial charge in [0.2, 0.25) is 0 Å². The molecule has 0 aliphatic rings. The number of rotatable bonds is 8. The summed E-state index contributed by atoms with van der Waals surface area (Å²) in [6.45, 7) is 3.95. The van der Waals surface area contributed by atoms with E-state index in [1.807, 2.05) is 0 Å². The summed E-state index contributed by atoms with van der Waals surface area (Å²) in [5.41, 5.74) is 0.589. The highest BCUT2D eigenvalue weighted by atomic mass is 32.1. The molecule has 6 nitrogen and oxygen atoms in total. The zero-order chi connectivity index (χ0) is 18.4. The van der Waals surface area contributed by atoms with Crippen molar-refractivity contribution in [2.45, 2.75) is 26.9 Å². The average molecular weight is 366 g/mol. The maximum Gasteiger partial charge on any atom is 0.303 e. The Morgan fingerprint density at radius 2 is 2.04 bits per heavy atom. The summed E-state index contributed by atoms with van der Waals surface area (Å²) in [6, 6.07) is 5.65. The summed E-state index contributed by atoms with van der Waals surface area (Å²) in [5, 5.41) is 12.1. The number of aryl methyl sites for hydroxylation is 1. The maximum absolute atomic E-state index is 12.9. The minimum absolute atomic E-state index is 0.00128. The molecule has 2 N–H and O–H groups in total. The number of carbonyl (C=O) groups is 2. The smallest absolute Gasteiger partial charge is 0.303 e. The number of benzene rings is 1. The van der Waals surface area contributed by atoms with Crippen LogP contribution >= 0.6 is 11.3 Å². The van der Waals surface area contributed by atoms with E-state index in [4.69, 9.17) is 9.84 Å². The van der Waals surface area contributed by atoms with Crippen LogP contribution in [-0.4, -0.2) is 28.5 Å². The van der Waals surface area contributed by atoms with Gasteiger partial charge in [-0.3, -0.25) is 9.59 Å². The van der Waals surface area contributed by atoms with Crippen molar-refractivity contribution in [2.24, 2.45) is 5.92 Å². The minimum Gasteiger partial charge on any atom is -0.486 e. The first-order valence-electron chi connectivity index (χ1n) is 7.69. The van der Waals surface area contributed by atoms with Crippen molar-refractivity contribution in [1.29, 1.82) is 0 Å². The molecule has 25 heavy (non-hydrogen) atoms. The highest BCUT2D eigenvalue weighted by Gasteiger charge is 2.17. The second-order valence-electron chi connectivity index (χ2n) is 5.68. The second kappa shape index (κ2) is 8.57. The molecule has 1 aromatic heterocycles. The van der Waals surface area contributed by atoms with Gasteiger partial charge in [-0.25, -0.2) is 9.37 Å². The van der Waals surface area contributed by atoms with Crippen LogP contribution in [0.3, 0.4) is 0 Å². The standard InChI is InChI=1S/C17H19FN2O4S/c1-10(7-15(21)22)8-19-17(23)16-11(2)20-14(25-16)9-24-13-5-3-12(18)4-6-13/h3-6,10H,7-9H2,1-2H3,(H,19,23)(H,21,22). The van der Waals surface area contributed by atoms with E-state index in [9.17, 15) is 14.0 Å². The Kier molecular flexibility index (Phi) is 6.46. The molecule has 1 atom stereocenters. The first kappa shape index (κ1) is 18.9. The molecule has 1 unspecified atom stereocenters. The Balaban J connectivity index is 1.91. The third kappa shape index (κ3) is 5.82. The topological polar surface area (TPSA) is 88.5 Å². The van der Waals surface area contributed by atoms with Crippen LogP contribution in [0.5, 0.6) is 5.75 Å². The number of amides is 1. The number of aromatic nitrogens is 1. The van der Waals surface area contributed by atoms with E-state index < -0.39 is 5.97 Å². The zero-order valence-electron chi connectivity index (χ0n) is 13.9. The molecule has 8 heteroatoms. The molecule has 0 fully saturated rings. The molecule has 1 heterocycles. The van der Waals surface area contributed by atoms with Crippen molar-refractivity contribution in [1.82, 2.24) is 10.3 Å². The predicted molar refractivity (Wildman–Crippen MR) is 91.3 cm³/mol. The molecule has 2 aromatic rings. The predicted octanol–water partition coefficient (Wildman–Crippen LogP) is 3.01. The summed E-state index contributed by atoms with van der Waals surface area (Å²) in [7, 11) is 0. The average Bonchev–Trinajstić information content (AvgIpc) is 2.92. The summed E-state index contributed by atoms with van der Waals surface area (Å²) >= 11 is 1.22. The Labute approximate surface area is 148 Å². The summed E-state index contributed by atoms with van der Waals surface area (Å²) in [5.74, 6) is -1.15. The van der Waals surface area contributed by atoms with Gasteiger partial charge in [0.15, 0.2) is 0 Å². The number of halogens is 1. The summed E-state index contributed by atoms with van der Waals surface area (Å²) in [6.07, 6.45) is -0.00128. The van der Waals surface area contributed by atoms with Crippen molar-refractivity contribution in [3.8, 4) is 5.75 Å². The van der Waals surface area contributed by atoms with Gasteiger partial charge in [0.1, 0.15) is 28.1 Å². The van der Waals surface area contributed by atoms with Crippen LogP contribution in [0, 0.1) is 18.7 Å². The lowest BCUT2D eigenvalue weighted by Crippen LogP contribution is -2.29. The highest BCUT2D eigenvalue weighted by Crippen LogP contribution is 2.20. The molecular formula is C17H19FN2O4S. The van der Waals surface area contributed by atoms with Gasteiger partial charge in [0.25, 0.3) is 5.91 Å². The number of aliphatic carboxylic acids is 1. The number of nitrogens with zero attached hydrogens (tertiary/aromatic N) is 1. The Morgan fingerprint density at radius 1 is 1.36 bits per heavy atom. The number of carboxylic acid groups (broad SMARTS) is 1. The largest absolute Gasteiger partial charge is 0.486 e. The van der Waals surface area contributed by atoms with Gasteiger partial charge in [-0.15, -0.1) is 11.3 Å². The van der Waals surface area contributed by atoms with E-state index in [0.29, 0.717) is 21.3 Å². The zero-order valence-corrected chi connectivity index (χ0v) is 14.7. The van der Waals surface area contributed by atoms with Gasteiger partial charge in [0.05, 0.1) is 5.69 Å². The molecule has 2 rings (SSSR count). The molecule has 0 saturated heterocycles. The van der Waals surface area contributed by atoms with E-state index in [2.05, 4.69) is 10.3 Å². The molecule has 0 spiro atoms. The van der Waals surface area contributed by atoms with Gasteiger partial charge < -0.3 is 15.2 Å². The molecule has 1 amide bonds. The minimum atomic E-state index is -0.893. The lowest BCUT2D eigenvalue weighted by atomic mass is 10.1. The van der Waals surface area contributed by atoms with Crippen LogP contribution in [0.1, 0.15) is 33.7 Å². The molecule has 134 valence electrons. The van der Waals surface area contributed by atoms with Gasteiger partial charge in [-0.1, -0.05) is 6.92 Å². The molecular weight excluding hydrogens is 347 g/mol. The molecule has 0 aliphatic heterocycles. The highest BCUT2D eigenvalue weighted by molar-refractivity contribution is 7.13. The van der Waals surface area contributed by atoms with E-state index in [0.717, 1.165) is 0 Å². The third-order valence-corrected chi connectivity index (χ3v) is 4.49. The fourth-order valence-corrected chi connectivity index (χ4v) is 3.01. The number of ether oxygens (including phenoxy) is 1. The van der Waals surface area contributed by atoms with E-state index in [-0.39, 0.29) is 37.2 Å². The second-order valence-corrected chi connectivity index (χ2v) is 6.76. The first-order valence-corrected chi connectivity index (χ1v) is 8.51. The van der Waals surface area contributed by atoms with E-state index in [1.165, 1.54) is 35.6 Å². The number of carboxylic acids is 1. The van der Waals surface area contributed by atoms with Gasteiger partial charge in [-0.05, 0) is 37.1 Å². The van der Waals surface area contributed by atoms with E-state index >= 15 is 0 Å². The van der Waals surface area contributed by atoms with Gasteiger partial charge in [0, 0.05) is 13.0 Å². The molecule has 0 radical (unpaired) electrons. The van der Waals surface area contributed by atoms with Crippen molar-refractivity contribution in [3.63, 3.8) is 0 Å². The molecule has 0 bridgehead atoms. The molecule has 0 saturated carbocycles. The van der Waals surface area contributed by atoms with Crippen LogP contribution in [0.25, 0.3) is 0 Å². The quantitative estimate of drug-likeness (QED) is 0.750. The lowest BCUT2D eigenvalue weighted by molar-refractivity contribution is -0.137. The van der Waals surface area contributed by atoms with Crippen LogP contribution in [-0.2, 0) is 11.4 Å². The van der Waals surface area contributed by atoms with Crippen LogP contribution in [0.15, 0.2) is 24.3 Å². The van der Waals surface area contributed by atoms with Gasteiger partial charge in [-0.2, -0.15) is 0 Å². The van der Waals surface area contributed by atoms with E-state index in [1.54, 1.807) is 13.8 Å². The monoisotopic (exact) mass is 366 g/mol. The summed E-state index contributed by atoms with van der Waals surface area (Å²) in [4.78, 5) is 27.6. The van der Waals surface area contributed by atoms with Crippen molar-refractivity contribution < 1.29 is 23.8 Å². The van der Waals surface area contributed by atoms with Crippen molar-refractivity contribution in [2.75, 3.05) is 6.54 Å². The van der Waals surface area contributed by atoms with Gasteiger partial charge >= 0.3 is 5.97 Å². The number of hydrogen-bond donors (Lipinski definition) is 2. The normalized spacial score (nSPS) is 11.8. The Morgan fingerprint density at radius 3 is 2.68 bits per heavy atom. The van der Waals surface area contributed by atoms with Crippen LogP contribution in [0.4, 0.5) is 4.39 Å². The third-order valence-electron chi connectivity index (χ3n) is 3.36. The number of hydrogen-bond acceptors (Lipinski definition) is 5. The number of thiazole rings is 1. The number of nitrogens with one attached hydrogen (secondary N) is 1. The molecule has 0 aliphatic carbocycles. The van der Waals surface area contributed by atoms with Crippen molar-refractivity contribution >= 4 is 23.2 Å².